The Hall–Kier alpha value is -4.18. The fourth-order valence-corrected chi connectivity index (χ4v) is 5.72. The Labute approximate surface area is 237 Å². The van der Waals surface area contributed by atoms with Crippen LogP contribution < -0.4 is 20.2 Å². The van der Waals surface area contributed by atoms with Gasteiger partial charge in [0.2, 0.25) is 0 Å². The number of anilines is 1. The fraction of sp³-hybridized carbons (Fsp3) is 0.333. The van der Waals surface area contributed by atoms with Gasteiger partial charge in [-0.05, 0) is 98.7 Å². The second-order valence-electron chi connectivity index (χ2n) is 9.52. The fourth-order valence-electron chi connectivity index (χ4n) is 4.33. The van der Waals surface area contributed by atoms with E-state index < -0.39 is 18.0 Å². The molecule has 40 heavy (non-hydrogen) atoms. The quantitative estimate of drug-likeness (QED) is 0.198. The minimum atomic E-state index is -0.820. The monoisotopic (exact) mass is 563 g/mol. The first kappa shape index (κ1) is 28.8. The lowest BCUT2D eigenvalue weighted by Crippen LogP contribution is -2.33. The van der Waals surface area contributed by atoms with Crippen molar-refractivity contribution in [2.45, 2.75) is 46.1 Å². The van der Waals surface area contributed by atoms with Crippen molar-refractivity contribution in [1.82, 2.24) is 5.43 Å². The van der Waals surface area contributed by atoms with Gasteiger partial charge in [-0.3, -0.25) is 9.59 Å². The molecule has 1 aliphatic rings. The van der Waals surface area contributed by atoms with Crippen molar-refractivity contribution in [2.75, 3.05) is 19.0 Å². The Balaban J connectivity index is 1.36. The van der Waals surface area contributed by atoms with Gasteiger partial charge in [-0.1, -0.05) is 6.92 Å². The first-order valence-corrected chi connectivity index (χ1v) is 14.0. The Morgan fingerprint density at radius 2 is 1.80 bits per heavy atom. The highest BCUT2D eigenvalue weighted by Gasteiger charge is 2.29. The highest BCUT2D eigenvalue weighted by molar-refractivity contribution is 7.17. The van der Waals surface area contributed by atoms with Crippen molar-refractivity contribution >= 4 is 40.3 Å². The molecular formula is C30H33N3O6S. The topological polar surface area (TPSA) is 115 Å². The molecule has 2 amide bonds. The third-order valence-corrected chi connectivity index (χ3v) is 7.69. The molecule has 210 valence electrons. The van der Waals surface area contributed by atoms with Crippen molar-refractivity contribution in [3.8, 4) is 11.5 Å². The Morgan fingerprint density at radius 1 is 1.10 bits per heavy atom. The first-order valence-electron chi connectivity index (χ1n) is 13.2. The molecule has 0 spiro atoms. The molecule has 0 aliphatic heterocycles. The maximum atomic E-state index is 13.1. The molecule has 9 nitrogen and oxygen atoms in total. The average Bonchev–Trinajstić information content (AvgIpc) is 3.30. The lowest BCUT2D eigenvalue weighted by molar-refractivity contribution is -0.127. The van der Waals surface area contributed by atoms with Gasteiger partial charge in [-0.2, -0.15) is 5.10 Å². The van der Waals surface area contributed by atoms with Gasteiger partial charge in [0.1, 0.15) is 16.5 Å². The number of carbonyl (C=O) groups excluding carboxylic acids is 3. The molecule has 1 aromatic heterocycles. The van der Waals surface area contributed by atoms with Crippen LogP contribution in [0.4, 0.5) is 5.00 Å². The van der Waals surface area contributed by atoms with E-state index in [1.165, 1.54) is 17.6 Å². The zero-order chi connectivity index (χ0) is 28.6. The van der Waals surface area contributed by atoms with Crippen molar-refractivity contribution in [3.63, 3.8) is 0 Å². The molecule has 1 heterocycles. The Bertz CT molecular complexity index is 1380. The van der Waals surface area contributed by atoms with E-state index in [2.05, 4.69) is 22.8 Å². The van der Waals surface area contributed by atoms with E-state index in [0.29, 0.717) is 27.8 Å². The minimum Gasteiger partial charge on any atom is -0.497 e. The number of rotatable bonds is 10. The number of carbonyl (C=O) groups is 3. The van der Waals surface area contributed by atoms with Crippen molar-refractivity contribution < 1.29 is 28.6 Å². The maximum absolute atomic E-state index is 13.1. The lowest BCUT2D eigenvalue weighted by atomic mass is 9.88. The summed E-state index contributed by atoms with van der Waals surface area (Å²) in [4.78, 5) is 39.3. The molecule has 1 aliphatic carbocycles. The van der Waals surface area contributed by atoms with E-state index in [-0.39, 0.29) is 12.5 Å². The second-order valence-corrected chi connectivity index (χ2v) is 10.6. The molecule has 2 N–H and O–H groups in total. The summed E-state index contributed by atoms with van der Waals surface area (Å²) in [7, 11) is 1.59. The number of nitrogens with zero attached hydrogens (tertiary/aromatic N) is 1. The van der Waals surface area contributed by atoms with Gasteiger partial charge in [0.15, 0.2) is 6.10 Å². The molecule has 0 unspecified atom stereocenters. The molecule has 2 aromatic carbocycles. The first-order chi connectivity index (χ1) is 19.3. The number of hydrazone groups is 1. The zero-order valence-electron chi connectivity index (χ0n) is 23.0. The largest absolute Gasteiger partial charge is 0.497 e. The summed E-state index contributed by atoms with van der Waals surface area (Å²) in [5.41, 5.74) is 5.11. The average molecular weight is 564 g/mol. The van der Waals surface area contributed by atoms with Gasteiger partial charge in [0.25, 0.3) is 11.8 Å². The SMILES string of the molecule is CCOC(=O)c1c(NC(=O)c2ccc(O[C@@H](C)C(=O)N/N=C\c3ccc(OC)cc3)cc2)sc2c1CC[C@@H](C)C2. The van der Waals surface area contributed by atoms with Crippen LogP contribution in [0.25, 0.3) is 0 Å². The molecule has 0 saturated heterocycles. The minimum absolute atomic E-state index is 0.264. The number of hydrogen-bond donors (Lipinski definition) is 2. The van der Waals surface area contributed by atoms with Gasteiger partial charge in [-0.15, -0.1) is 11.3 Å². The van der Waals surface area contributed by atoms with Crippen molar-refractivity contribution in [2.24, 2.45) is 11.0 Å². The third kappa shape index (κ3) is 7.06. The van der Waals surface area contributed by atoms with Crippen LogP contribution in [-0.4, -0.2) is 43.8 Å². The van der Waals surface area contributed by atoms with E-state index in [9.17, 15) is 14.4 Å². The molecule has 0 bridgehead atoms. The highest BCUT2D eigenvalue weighted by atomic mass is 32.1. The van der Waals surface area contributed by atoms with E-state index in [4.69, 9.17) is 14.2 Å². The van der Waals surface area contributed by atoms with Crippen LogP contribution in [0.3, 0.4) is 0 Å². The number of thiophene rings is 1. The van der Waals surface area contributed by atoms with Gasteiger partial charge >= 0.3 is 5.97 Å². The molecule has 0 radical (unpaired) electrons. The Kier molecular flexibility index (Phi) is 9.55. The van der Waals surface area contributed by atoms with Crippen LogP contribution in [0.2, 0.25) is 0 Å². The van der Waals surface area contributed by atoms with E-state index >= 15 is 0 Å². The van der Waals surface area contributed by atoms with Crippen molar-refractivity contribution in [3.05, 3.63) is 75.7 Å². The Morgan fingerprint density at radius 3 is 2.48 bits per heavy atom. The van der Waals surface area contributed by atoms with Crippen molar-refractivity contribution in [1.29, 1.82) is 0 Å². The predicted octanol–water partition coefficient (Wildman–Crippen LogP) is 5.23. The number of esters is 1. The molecular weight excluding hydrogens is 530 g/mol. The van der Waals surface area contributed by atoms with Crippen LogP contribution >= 0.6 is 11.3 Å². The summed E-state index contributed by atoms with van der Waals surface area (Å²) in [6, 6.07) is 13.7. The summed E-state index contributed by atoms with van der Waals surface area (Å²) in [5.74, 6) is 0.506. The normalized spacial score (nSPS) is 15.2. The number of ether oxygens (including phenoxy) is 3. The number of methoxy groups -OCH3 is 1. The summed E-state index contributed by atoms with van der Waals surface area (Å²) >= 11 is 1.45. The summed E-state index contributed by atoms with van der Waals surface area (Å²) < 4.78 is 16.1. The maximum Gasteiger partial charge on any atom is 0.341 e. The van der Waals surface area contributed by atoms with Crippen LogP contribution in [0.1, 0.15) is 63.9 Å². The zero-order valence-corrected chi connectivity index (χ0v) is 23.8. The van der Waals surface area contributed by atoms with Crippen LogP contribution in [0.15, 0.2) is 53.6 Å². The number of fused-ring (bicyclic) bond motifs is 1. The van der Waals surface area contributed by atoms with Gasteiger partial charge in [0, 0.05) is 10.4 Å². The van der Waals surface area contributed by atoms with Crippen LogP contribution in [0, 0.1) is 5.92 Å². The second kappa shape index (κ2) is 13.3. The molecule has 3 aromatic rings. The molecule has 0 saturated carbocycles. The lowest BCUT2D eigenvalue weighted by Gasteiger charge is -2.18. The van der Waals surface area contributed by atoms with E-state index in [1.807, 2.05) is 12.1 Å². The number of hydrogen-bond acceptors (Lipinski definition) is 8. The van der Waals surface area contributed by atoms with Crippen LogP contribution in [0.5, 0.6) is 11.5 Å². The van der Waals surface area contributed by atoms with Gasteiger partial charge in [-0.25, -0.2) is 10.2 Å². The molecule has 4 rings (SSSR count). The smallest absolute Gasteiger partial charge is 0.341 e. The number of nitrogens with one attached hydrogen (secondary N) is 2. The van der Waals surface area contributed by atoms with Gasteiger partial charge in [0.05, 0.1) is 25.5 Å². The van der Waals surface area contributed by atoms with Gasteiger partial charge < -0.3 is 19.5 Å². The molecule has 0 fully saturated rings. The predicted molar refractivity (Wildman–Crippen MR) is 155 cm³/mol. The number of benzene rings is 2. The summed E-state index contributed by atoms with van der Waals surface area (Å²) in [5, 5.41) is 7.39. The number of amides is 2. The van der Waals surface area contributed by atoms with E-state index in [1.54, 1.807) is 57.4 Å². The highest BCUT2D eigenvalue weighted by Crippen LogP contribution is 2.40. The standard InChI is InChI=1S/C30H33N3O6S/c1-5-38-30(36)26-24-15-6-18(2)16-25(24)40-29(26)32-28(35)21-9-13-23(14-10-21)39-19(3)27(34)33-31-17-20-7-11-22(37-4)12-8-20/h7-14,17-19H,5-6,15-16H2,1-4H3,(H,32,35)(H,33,34)/b31-17-/t18-,19+/m1/s1. The molecule has 2 atom stereocenters. The third-order valence-electron chi connectivity index (χ3n) is 6.52. The van der Waals surface area contributed by atoms with Crippen LogP contribution in [-0.2, 0) is 22.4 Å². The summed E-state index contributed by atoms with van der Waals surface area (Å²) in [6.45, 7) is 5.82. The van der Waals surface area contributed by atoms with E-state index in [0.717, 1.165) is 41.0 Å². The molecule has 10 heteroatoms. The summed E-state index contributed by atoms with van der Waals surface area (Å²) in [6.07, 6.45) is 3.38.